The van der Waals surface area contributed by atoms with E-state index in [2.05, 4.69) is 20.5 Å². The molecular weight excluding hydrogens is 452 g/mol. The zero-order valence-corrected chi connectivity index (χ0v) is 19.1. The van der Waals surface area contributed by atoms with Crippen molar-refractivity contribution in [2.45, 2.75) is 18.8 Å². The average molecular weight is 475 g/mol. The van der Waals surface area contributed by atoms with E-state index in [-0.39, 0.29) is 5.92 Å². The third-order valence-corrected chi connectivity index (χ3v) is 6.29. The first-order valence-corrected chi connectivity index (χ1v) is 11.5. The Morgan fingerprint density at radius 1 is 1.00 bits per heavy atom. The molecule has 8 nitrogen and oxygen atoms in total. The van der Waals surface area contributed by atoms with Crippen molar-refractivity contribution in [2.75, 3.05) is 18.4 Å². The van der Waals surface area contributed by atoms with Crippen LogP contribution in [0.25, 0.3) is 17.1 Å². The Kier molecular flexibility index (Phi) is 6.14. The highest BCUT2D eigenvalue weighted by molar-refractivity contribution is 6.40. The second-order valence-electron chi connectivity index (χ2n) is 8.19. The summed E-state index contributed by atoms with van der Waals surface area (Å²) in [6.07, 6.45) is 5.18. The van der Waals surface area contributed by atoms with E-state index in [0.717, 1.165) is 17.1 Å². The first kappa shape index (κ1) is 21.9. The van der Waals surface area contributed by atoms with Crippen LogP contribution < -0.4 is 5.32 Å². The summed E-state index contributed by atoms with van der Waals surface area (Å²) in [6, 6.07) is 18.8. The SMILES string of the molecule is O=C(Nc1ccc(-n2cccc2)c(Cl)c1)C(=O)N1CCC(c2nc(-c3ccccc3)n[nH]2)CC1. The predicted molar refractivity (Wildman–Crippen MR) is 130 cm³/mol. The number of benzene rings is 2. The van der Waals surface area contributed by atoms with Crippen molar-refractivity contribution < 1.29 is 9.59 Å². The summed E-state index contributed by atoms with van der Waals surface area (Å²) in [6.45, 7) is 0.956. The van der Waals surface area contributed by atoms with E-state index in [1.807, 2.05) is 59.4 Å². The average Bonchev–Trinajstić information content (AvgIpc) is 3.57. The molecule has 1 fully saturated rings. The third kappa shape index (κ3) is 4.58. The Bertz CT molecular complexity index is 1290. The molecular formula is C25H23ClN6O2. The minimum absolute atomic E-state index is 0.164. The largest absolute Gasteiger partial charge is 0.334 e. The molecule has 2 amide bonds. The van der Waals surface area contributed by atoms with Gasteiger partial charge in [-0.25, -0.2) is 4.98 Å². The zero-order chi connectivity index (χ0) is 23.5. The summed E-state index contributed by atoms with van der Waals surface area (Å²) in [5.74, 6) is 0.417. The molecule has 1 saturated heterocycles. The van der Waals surface area contributed by atoms with E-state index < -0.39 is 11.8 Å². The number of amides is 2. The van der Waals surface area contributed by atoms with Crippen LogP contribution in [-0.4, -0.2) is 49.6 Å². The first-order chi connectivity index (χ1) is 16.6. The van der Waals surface area contributed by atoms with Crippen molar-refractivity contribution in [3.05, 3.63) is 83.9 Å². The lowest BCUT2D eigenvalue weighted by molar-refractivity contribution is -0.143. The molecule has 34 heavy (non-hydrogen) atoms. The number of aromatic amines is 1. The van der Waals surface area contributed by atoms with Gasteiger partial charge >= 0.3 is 11.8 Å². The lowest BCUT2D eigenvalue weighted by atomic mass is 9.96. The molecule has 0 radical (unpaired) electrons. The fraction of sp³-hybridized carbons (Fsp3) is 0.200. The minimum atomic E-state index is -0.672. The summed E-state index contributed by atoms with van der Waals surface area (Å²) in [5, 5.41) is 10.5. The Morgan fingerprint density at radius 3 is 2.44 bits per heavy atom. The molecule has 5 rings (SSSR count). The van der Waals surface area contributed by atoms with Gasteiger partial charge in [0.05, 0.1) is 10.7 Å². The fourth-order valence-corrected chi connectivity index (χ4v) is 4.42. The topological polar surface area (TPSA) is 95.9 Å². The Hall–Kier alpha value is -3.91. The molecule has 1 aliphatic heterocycles. The lowest BCUT2D eigenvalue weighted by Crippen LogP contribution is -2.44. The van der Waals surface area contributed by atoms with E-state index in [4.69, 9.17) is 11.6 Å². The fourth-order valence-electron chi connectivity index (χ4n) is 4.15. The summed E-state index contributed by atoms with van der Waals surface area (Å²) >= 11 is 6.37. The van der Waals surface area contributed by atoms with Crippen molar-refractivity contribution in [1.29, 1.82) is 0 Å². The number of hydrogen-bond donors (Lipinski definition) is 2. The number of carbonyl (C=O) groups is 2. The molecule has 0 bridgehead atoms. The number of piperidine rings is 1. The monoisotopic (exact) mass is 474 g/mol. The zero-order valence-electron chi connectivity index (χ0n) is 18.3. The van der Waals surface area contributed by atoms with Gasteiger partial charge in [0, 0.05) is 42.7 Å². The predicted octanol–water partition coefficient (Wildman–Crippen LogP) is 4.26. The number of likely N-dealkylation sites (tertiary alicyclic amines) is 1. The standard InChI is InChI=1S/C25H23ClN6O2/c26-20-16-19(8-9-21(20)31-12-4-5-13-31)27-24(33)25(34)32-14-10-18(11-15-32)23-28-22(29-30-23)17-6-2-1-3-7-17/h1-9,12-13,16,18H,10-11,14-15H2,(H,27,33)(H,28,29,30). The van der Waals surface area contributed by atoms with Crippen LogP contribution in [0.15, 0.2) is 73.1 Å². The number of rotatable bonds is 4. The van der Waals surface area contributed by atoms with Crippen LogP contribution in [0.5, 0.6) is 0 Å². The summed E-state index contributed by atoms with van der Waals surface area (Å²) in [7, 11) is 0. The maximum atomic E-state index is 12.7. The van der Waals surface area contributed by atoms with Gasteiger partial charge in [0.25, 0.3) is 0 Å². The quantitative estimate of drug-likeness (QED) is 0.432. The van der Waals surface area contributed by atoms with Gasteiger partial charge in [0.2, 0.25) is 0 Å². The number of nitrogens with one attached hydrogen (secondary N) is 2. The number of carbonyl (C=O) groups excluding carboxylic acids is 2. The second kappa shape index (κ2) is 9.52. The molecule has 0 spiro atoms. The summed E-state index contributed by atoms with van der Waals surface area (Å²) in [5.41, 5.74) is 2.22. The molecule has 0 saturated carbocycles. The normalized spacial score (nSPS) is 14.2. The maximum Gasteiger partial charge on any atom is 0.313 e. The van der Waals surface area contributed by atoms with Crippen molar-refractivity contribution in [1.82, 2.24) is 24.6 Å². The number of aromatic nitrogens is 4. The van der Waals surface area contributed by atoms with Gasteiger partial charge in [-0.1, -0.05) is 41.9 Å². The van der Waals surface area contributed by atoms with E-state index in [9.17, 15) is 9.59 Å². The molecule has 0 atom stereocenters. The number of H-pyrrole nitrogens is 1. The van der Waals surface area contributed by atoms with Gasteiger partial charge in [0.15, 0.2) is 5.82 Å². The van der Waals surface area contributed by atoms with E-state index in [1.165, 1.54) is 0 Å². The molecule has 2 N–H and O–H groups in total. The van der Waals surface area contributed by atoms with Gasteiger partial charge in [-0.3, -0.25) is 14.7 Å². The van der Waals surface area contributed by atoms with Crippen LogP contribution in [0.1, 0.15) is 24.6 Å². The smallest absolute Gasteiger partial charge is 0.313 e. The number of nitrogens with zero attached hydrogens (tertiary/aromatic N) is 4. The molecule has 1 aliphatic rings. The maximum absolute atomic E-state index is 12.7. The molecule has 0 aliphatic carbocycles. The summed E-state index contributed by atoms with van der Waals surface area (Å²) in [4.78, 5) is 31.5. The molecule has 2 aromatic carbocycles. The van der Waals surface area contributed by atoms with E-state index in [0.29, 0.717) is 42.5 Å². The number of hydrogen-bond acceptors (Lipinski definition) is 4. The minimum Gasteiger partial charge on any atom is -0.334 e. The highest BCUT2D eigenvalue weighted by atomic mass is 35.5. The van der Waals surface area contributed by atoms with Gasteiger partial charge in [-0.15, -0.1) is 0 Å². The van der Waals surface area contributed by atoms with Gasteiger partial charge in [0.1, 0.15) is 5.82 Å². The lowest BCUT2D eigenvalue weighted by Gasteiger charge is -2.30. The number of halogens is 1. The van der Waals surface area contributed by atoms with Crippen LogP contribution in [0.3, 0.4) is 0 Å². The van der Waals surface area contributed by atoms with Crippen molar-refractivity contribution in [3.8, 4) is 17.1 Å². The number of anilines is 1. The van der Waals surface area contributed by atoms with Crippen LogP contribution in [0.4, 0.5) is 5.69 Å². The first-order valence-electron chi connectivity index (χ1n) is 11.1. The highest BCUT2D eigenvalue weighted by Gasteiger charge is 2.29. The van der Waals surface area contributed by atoms with Crippen LogP contribution in [-0.2, 0) is 9.59 Å². The molecule has 172 valence electrons. The molecule has 3 heterocycles. The van der Waals surface area contributed by atoms with Crippen LogP contribution >= 0.6 is 11.6 Å². The van der Waals surface area contributed by atoms with Gasteiger partial charge in [-0.05, 0) is 43.2 Å². The Morgan fingerprint density at radius 2 is 1.74 bits per heavy atom. The van der Waals surface area contributed by atoms with E-state index >= 15 is 0 Å². The Labute approximate surface area is 201 Å². The van der Waals surface area contributed by atoms with Gasteiger partial charge in [-0.2, -0.15) is 5.10 Å². The van der Waals surface area contributed by atoms with Crippen molar-refractivity contribution in [3.63, 3.8) is 0 Å². The molecule has 2 aromatic heterocycles. The summed E-state index contributed by atoms with van der Waals surface area (Å²) < 4.78 is 1.88. The van der Waals surface area contributed by atoms with Crippen molar-refractivity contribution >= 4 is 29.1 Å². The van der Waals surface area contributed by atoms with Crippen molar-refractivity contribution in [2.24, 2.45) is 0 Å². The Balaban J connectivity index is 1.17. The van der Waals surface area contributed by atoms with Gasteiger partial charge < -0.3 is 14.8 Å². The van der Waals surface area contributed by atoms with Crippen LogP contribution in [0, 0.1) is 0 Å². The third-order valence-electron chi connectivity index (χ3n) is 5.99. The highest BCUT2D eigenvalue weighted by Crippen LogP contribution is 2.28. The van der Waals surface area contributed by atoms with Crippen LogP contribution in [0.2, 0.25) is 5.02 Å². The molecule has 4 aromatic rings. The van der Waals surface area contributed by atoms with E-state index in [1.54, 1.807) is 23.1 Å². The molecule has 0 unspecified atom stereocenters. The second-order valence-corrected chi connectivity index (χ2v) is 8.59. The molecule has 9 heteroatoms.